The van der Waals surface area contributed by atoms with E-state index in [9.17, 15) is 4.79 Å². The molecule has 1 atom stereocenters. The van der Waals surface area contributed by atoms with E-state index in [-0.39, 0.29) is 11.8 Å². The molecule has 0 radical (unpaired) electrons. The van der Waals surface area contributed by atoms with Crippen molar-refractivity contribution in [2.45, 2.75) is 18.9 Å². The number of benzene rings is 2. The molecule has 4 nitrogen and oxygen atoms in total. The van der Waals surface area contributed by atoms with Gasteiger partial charge in [-0.25, -0.2) is 0 Å². The first-order valence-corrected chi connectivity index (χ1v) is 7.76. The molecule has 2 aromatic carbocycles. The summed E-state index contributed by atoms with van der Waals surface area (Å²) in [5, 5.41) is 0. The molecule has 1 fully saturated rings. The summed E-state index contributed by atoms with van der Waals surface area (Å²) in [5.74, 6) is 1.84. The van der Waals surface area contributed by atoms with E-state index >= 15 is 0 Å². The second-order valence-corrected chi connectivity index (χ2v) is 5.86. The van der Waals surface area contributed by atoms with Gasteiger partial charge in [-0.3, -0.25) is 4.79 Å². The standard InChI is InChI=1S/C19H21NO3/c1-20-12-16(11-19(20)21)15-8-9-17(22-2)18(10-15)23-13-14-6-4-3-5-7-14/h3-10,16H,11-13H2,1-2H3. The van der Waals surface area contributed by atoms with Crippen LogP contribution >= 0.6 is 0 Å². The minimum absolute atomic E-state index is 0.192. The predicted octanol–water partition coefficient (Wildman–Crippen LogP) is 3.22. The Kier molecular flexibility index (Phi) is 4.51. The Balaban J connectivity index is 1.78. The fraction of sp³-hybridized carbons (Fsp3) is 0.316. The summed E-state index contributed by atoms with van der Waals surface area (Å²) in [6.45, 7) is 1.24. The van der Waals surface area contributed by atoms with Gasteiger partial charge in [-0.15, -0.1) is 0 Å². The number of hydrogen-bond donors (Lipinski definition) is 0. The number of carbonyl (C=O) groups is 1. The Hall–Kier alpha value is -2.49. The molecule has 1 heterocycles. The molecule has 1 unspecified atom stereocenters. The van der Waals surface area contributed by atoms with Crippen LogP contribution in [0.4, 0.5) is 0 Å². The first-order valence-electron chi connectivity index (χ1n) is 7.76. The number of amides is 1. The fourth-order valence-corrected chi connectivity index (χ4v) is 2.88. The highest BCUT2D eigenvalue weighted by Gasteiger charge is 2.28. The molecule has 0 aliphatic carbocycles. The zero-order chi connectivity index (χ0) is 16.2. The number of carbonyl (C=O) groups excluding carboxylic acids is 1. The Morgan fingerprint density at radius 3 is 2.57 bits per heavy atom. The van der Waals surface area contributed by atoms with Crippen LogP contribution in [-0.2, 0) is 11.4 Å². The van der Waals surface area contributed by atoms with Crippen LogP contribution in [0.5, 0.6) is 11.5 Å². The largest absolute Gasteiger partial charge is 0.493 e. The van der Waals surface area contributed by atoms with Crippen LogP contribution in [0.1, 0.15) is 23.5 Å². The van der Waals surface area contributed by atoms with Crippen LogP contribution in [0.2, 0.25) is 0 Å². The van der Waals surface area contributed by atoms with Crippen molar-refractivity contribution in [3.63, 3.8) is 0 Å². The summed E-state index contributed by atoms with van der Waals surface area (Å²) in [6, 6.07) is 16.0. The van der Waals surface area contributed by atoms with Crippen LogP contribution in [-0.4, -0.2) is 31.5 Å². The molecular formula is C19H21NO3. The molecule has 1 aliphatic rings. The van der Waals surface area contributed by atoms with E-state index in [1.807, 2.05) is 55.6 Å². The maximum Gasteiger partial charge on any atom is 0.223 e. The first kappa shape index (κ1) is 15.4. The number of nitrogens with zero attached hydrogens (tertiary/aromatic N) is 1. The van der Waals surface area contributed by atoms with E-state index in [0.717, 1.165) is 23.4 Å². The van der Waals surface area contributed by atoms with E-state index in [2.05, 4.69) is 0 Å². The van der Waals surface area contributed by atoms with E-state index < -0.39 is 0 Å². The van der Waals surface area contributed by atoms with E-state index in [1.165, 1.54) is 0 Å². The van der Waals surface area contributed by atoms with Gasteiger partial charge in [0.2, 0.25) is 5.91 Å². The van der Waals surface area contributed by atoms with Crippen molar-refractivity contribution in [2.75, 3.05) is 20.7 Å². The van der Waals surface area contributed by atoms with Gasteiger partial charge < -0.3 is 14.4 Å². The third-order valence-electron chi connectivity index (χ3n) is 4.24. The van der Waals surface area contributed by atoms with Crippen molar-refractivity contribution < 1.29 is 14.3 Å². The summed E-state index contributed by atoms with van der Waals surface area (Å²) < 4.78 is 11.3. The van der Waals surface area contributed by atoms with Gasteiger partial charge in [0.1, 0.15) is 6.61 Å². The van der Waals surface area contributed by atoms with Gasteiger partial charge in [0, 0.05) is 25.9 Å². The molecule has 2 aromatic rings. The van der Waals surface area contributed by atoms with Gasteiger partial charge in [0.05, 0.1) is 7.11 Å². The third kappa shape index (κ3) is 3.47. The van der Waals surface area contributed by atoms with Crippen molar-refractivity contribution in [3.8, 4) is 11.5 Å². The summed E-state index contributed by atoms with van der Waals surface area (Å²) in [7, 11) is 3.48. The molecule has 1 aliphatic heterocycles. The Labute approximate surface area is 136 Å². The Bertz CT molecular complexity index is 684. The van der Waals surface area contributed by atoms with E-state index in [4.69, 9.17) is 9.47 Å². The van der Waals surface area contributed by atoms with Gasteiger partial charge >= 0.3 is 0 Å². The average Bonchev–Trinajstić information content (AvgIpc) is 2.93. The van der Waals surface area contributed by atoms with Crippen LogP contribution < -0.4 is 9.47 Å². The van der Waals surface area contributed by atoms with Crippen LogP contribution in [0.25, 0.3) is 0 Å². The van der Waals surface area contributed by atoms with Crippen molar-refractivity contribution in [1.29, 1.82) is 0 Å². The van der Waals surface area contributed by atoms with Crippen LogP contribution in [0.3, 0.4) is 0 Å². The number of methoxy groups -OCH3 is 1. The molecule has 23 heavy (non-hydrogen) atoms. The van der Waals surface area contributed by atoms with Crippen molar-refractivity contribution in [3.05, 3.63) is 59.7 Å². The average molecular weight is 311 g/mol. The van der Waals surface area contributed by atoms with Gasteiger partial charge in [-0.05, 0) is 23.3 Å². The highest BCUT2D eigenvalue weighted by Crippen LogP contribution is 2.35. The molecule has 120 valence electrons. The minimum Gasteiger partial charge on any atom is -0.493 e. The molecule has 0 aromatic heterocycles. The Morgan fingerprint density at radius 1 is 1.13 bits per heavy atom. The van der Waals surface area contributed by atoms with Crippen LogP contribution in [0.15, 0.2) is 48.5 Å². The van der Waals surface area contributed by atoms with Crippen molar-refractivity contribution >= 4 is 5.91 Å². The number of hydrogen-bond acceptors (Lipinski definition) is 3. The summed E-state index contributed by atoms with van der Waals surface area (Å²) in [6.07, 6.45) is 0.557. The molecule has 1 amide bonds. The molecule has 0 N–H and O–H groups in total. The third-order valence-corrected chi connectivity index (χ3v) is 4.24. The lowest BCUT2D eigenvalue weighted by Crippen LogP contribution is -2.18. The lowest BCUT2D eigenvalue weighted by Gasteiger charge is -2.15. The quantitative estimate of drug-likeness (QED) is 0.851. The topological polar surface area (TPSA) is 38.8 Å². The van der Waals surface area contributed by atoms with Gasteiger partial charge in [0.15, 0.2) is 11.5 Å². The lowest BCUT2D eigenvalue weighted by molar-refractivity contribution is -0.126. The lowest BCUT2D eigenvalue weighted by atomic mass is 9.98. The molecule has 0 spiro atoms. The number of ether oxygens (including phenoxy) is 2. The molecule has 3 rings (SSSR count). The minimum atomic E-state index is 0.192. The maximum absolute atomic E-state index is 11.7. The summed E-state index contributed by atoms with van der Waals surface area (Å²) in [4.78, 5) is 13.5. The van der Waals surface area contributed by atoms with Gasteiger partial charge in [0.25, 0.3) is 0 Å². The molecule has 0 saturated carbocycles. The second-order valence-electron chi connectivity index (χ2n) is 5.86. The van der Waals surface area contributed by atoms with Gasteiger partial charge in [-0.2, -0.15) is 0 Å². The summed E-state index contributed by atoms with van der Waals surface area (Å²) in [5.41, 5.74) is 2.22. The number of likely N-dealkylation sites (tertiary alicyclic amines) is 1. The SMILES string of the molecule is COc1ccc(C2CC(=O)N(C)C2)cc1OCc1ccccc1. The van der Waals surface area contributed by atoms with E-state index in [0.29, 0.717) is 18.8 Å². The van der Waals surface area contributed by atoms with Crippen molar-refractivity contribution in [2.24, 2.45) is 0 Å². The van der Waals surface area contributed by atoms with Crippen LogP contribution in [0, 0.1) is 0 Å². The zero-order valence-corrected chi connectivity index (χ0v) is 13.5. The Morgan fingerprint density at radius 2 is 1.91 bits per heavy atom. The summed E-state index contributed by atoms with van der Waals surface area (Å²) >= 11 is 0. The van der Waals surface area contributed by atoms with E-state index in [1.54, 1.807) is 12.0 Å². The molecular weight excluding hydrogens is 290 g/mol. The number of likely N-dealkylation sites (N-methyl/N-ethyl adjacent to an activating group) is 1. The van der Waals surface area contributed by atoms with Crippen molar-refractivity contribution in [1.82, 2.24) is 4.90 Å². The highest BCUT2D eigenvalue weighted by atomic mass is 16.5. The van der Waals surface area contributed by atoms with Gasteiger partial charge in [-0.1, -0.05) is 36.4 Å². The maximum atomic E-state index is 11.7. The fourth-order valence-electron chi connectivity index (χ4n) is 2.88. The molecule has 0 bridgehead atoms. The predicted molar refractivity (Wildman–Crippen MR) is 88.8 cm³/mol. The normalized spacial score (nSPS) is 17.4. The zero-order valence-electron chi connectivity index (χ0n) is 13.5. The second kappa shape index (κ2) is 6.73. The number of rotatable bonds is 5. The first-order chi connectivity index (χ1) is 11.2. The molecule has 4 heteroatoms. The molecule has 1 saturated heterocycles. The smallest absolute Gasteiger partial charge is 0.223 e. The monoisotopic (exact) mass is 311 g/mol. The highest BCUT2D eigenvalue weighted by molar-refractivity contribution is 5.79.